The molecule has 96 valence electrons. The van der Waals surface area contributed by atoms with E-state index in [9.17, 15) is 9.90 Å². The fourth-order valence-corrected chi connectivity index (χ4v) is 1.77. The van der Waals surface area contributed by atoms with E-state index < -0.39 is 0 Å². The fourth-order valence-electron chi connectivity index (χ4n) is 1.77. The molecule has 5 nitrogen and oxygen atoms in total. The lowest BCUT2D eigenvalue weighted by Gasteiger charge is -2.35. The number of urea groups is 1. The molecule has 1 heterocycles. The van der Waals surface area contributed by atoms with Crippen molar-refractivity contribution in [1.82, 2.24) is 15.1 Å². The molecule has 1 aliphatic rings. The van der Waals surface area contributed by atoms with Gasteiger partial charge in [0, 0.05) is 39.3 Å². The predicted octanol–water partition coefficient (Wildman–Crippen LogP) is 0.136. The van der Waals surface area contributed by atoms with Crippen LogP contribution >= 0.6 is 12.4 Å². The van der Waals surface area contributed by atoms with E-state index in [0.29, 0.717) is 13.1 Å². The van der Waals surface area contributed by atoms with Gasteiger partial charge in [-0.15, -0.1) is 12.4 Å². The largest absolute Gasteiger partial charge is 0.392 e. The summed E-state index contributed by atoms with van der Waals surface area (Å²) in [7, 11) is 0. The Hall–Kier alpha value is -0.520. The molecule has 0 aliphatic carbocycles. The van der Waals surface area contributed by atoms with Crippen molar-refractivity contribution in [1.29, 1.82) is 0 Å². The van der Waals surface area contributed by atoms with Gasteiger partial charge in [0.1, 0.15) is 0 Å². The van der Waals surface area contributed by atoms with Gasteiger partial charge in [0.15, 0.2) is 0 Å². The number of piperazine rings is 1. The normalized spacial score (nSPS) is 18.8. The molecule has 0 bridgehead atoms. The molecule has 1 saturated heterocycles. The number of aliphatic hydroxyl groups excluding tert-OH is 1. The third kappa shape index (κ3) is 5.01. The van der Waals surface area contributed by atoms with Crippen molar-refractivity contribution in [2.75, 3.05) is 39.3 Å². The average molecular weight is 252 g/mol. The summed E-state index contributed by atoms with van der Waals surface area (Å²) >= 11 is 0. The zero-order chi connectivity index (χ0) is 11.3. The molecule has 0 aromatic heterocycles. The summed E-state index contributed by atoms with van der Waals surface area (Å²) in [4.78, 5) is 15.5. The lowest BCUT2D eigenvalue weighted by molar-refractivity contribution is 0.0899. The summed E-state index contributed by atoms with van der Waals surface area (Å²) in [6.07, 6.45) is -0.291. The van der Waals surface area contributed by atoms with Gasteiger partial charge in [0.05, 0.1) is 6.10 Å². The summed E-state index contributed by atoms with van der Waals surface area (Å²) in [5.74, 6) is 0. The molecule has 1 aliphatic heterocycles. The zero-order valence-corrected chi connectivity index (χ0v) is 10.8. The van der Waals surface area contributed by atoms with E-state index in [0.717, 1.165) is 26.2 Å². The highest BCUT2D eigenvalue weighted by molar-refractivity contribution is 5.85. The number of nitrogens with zero attached hydrogens (tertiary/aromatic N) is 2. The van der Waals surface area contributed by atoms with Gasteiger partial charge < -0.3 is 15.3 Å². The van der Waals surface area contributed by atoms with Crippen LogP contribution in [0.4, 0.5) is 4.79 Å². The van der Waals surface area contributed by atoms with Crippen LogP contribution in [0.25, 0.3) is 0 Å². The van der Waals surface area contributed by atoms with E-state index in [4.69, 9.17) is 0 Å². The molecule has 0 aromatic rings. The Morgan fingerprint density at radius 2 is 1.94 bits per heavy atom. The Morgan fingerprint density at radius 1 is 1.38 bits per heavy atom. The van der Waals surface area contributed by atoms with Crippen LogP contribution in [-0.4, -0.2) is 66.3 Å². The third-order valence-electron chi connectivity index (χ3n) is 2.51. The number of carbonyl (C=O) groups excluding carboxylic acids is 1. The molecule has 0 radical (unpaired) electrons. The van der Waals surface area contributed by atoms with Gasteiger partial charge in [-0.25, -0.2) is 4.79 Å². The molecule has 0 spiro atoms. The van der Waals surface area contributed by atoms with E-state index >= 15 is 0 Å². The number of rotatable bonds is 3. The van der Waals surface area contributed by atoms with Crippen molar-refractivity contribution >= 4 is 18.4 Å². The summed E-state index contributed by atoms with van der Waals surface area (Å²) in [5, 5.41) is 12.0. The fraction of sp³-hybridized carbons (Fsp3) is 0.900. The molecular weight excluding hydrogens is 230 g/mol. The maximum Gasteiger partial charge on any atom is 0.317 e. The number of amides is 2. The number of halogens is 1. The first-order valence-electron chi connectivity index (χ1n) is 5.56. The Balaban J connectivity index is 0.00000225. The van der Waals surface area contributed by atoms with E-state index in [1.165, 1.54) is 0 Å². The Labute approximate surface area is 103 Å². The van der Waals surface area contributed by atoms with Gasteiger partial charge >= 0.3 is 6.03 Å². The topological polar surface area (TPSA) is 55.8 Å². The minimum Gasteiger partial charge on any atom is -0.392 e. The van der Waals surface area contributed by atoms with Gasteiger partial charge in [-0.05, 0) is 13.8 Å². The second-order valence-corrected chi connectivity index (χ2v) is 3.97. The second-order valence-electron chi connectivity index (χ2n) is 3.97. The molecule has 1 unspecified atom stereocenters. The van der Waals surface area contributed by atoms with Crippen LogP contribution in [-0.2, 0) is 0 Å². The number of hydrogen-bond donors (Lipinski definition) is 2. The minimum absolute atomic E-state index is 0. The molecule has 2 amide bonds. The minimum atomic E-state index is -0.291. The smallest absolute Gasteiger partial charge is 0.317 e. The van der Waals surface area contributed by atoms with Crippen LogP contribution in [0.2, 0.25) is 0 Å². The molecule has 16 heavy (non-hydrogen) atoms. The standard InChI is InChI=1S/C10H21N3O2.ClH/c1-3-11-10(15)13-6-4-12(5-7-13)8-9(2)14;/h9,14H,3-8H2,1-2H3,(H,11,15);1H. The summed E-state index contributed by atoms with van der Waals surface area (Å²) < 4.78 is 0. The molecule has 6 heteroatoms. The highest BCUT2D eigenvalue weighted by atomic mass is 35.5. The van der Waals surface area contributed by atoms with Crippen LogP contribution in [0.1, 0.15) is 13.8 Å². The van der Waals surface area contributed by atoms with Crippen molar-refractivity contribution in [2.45, 2.75) is 20.0 Å². The van der Waals surface area contributed by atoms with Crippen LogP contribution in [0.15, 0.2) is 0 Å². The molecule has 1 fully saturated rings. The number of nitrogens with one attached hydrogen (secondary N) is 1. The van der Waals surface area contributed by atoms with Crippen molar-refractivity contribution in [3.8, 4) is 0 Å². The van der Waals surface area contributed by atoms with Gasteiger partial charge in [0.25, 0.3) is 0 Å². The van der Waals surface area contributed by atoms with Gasteiger partial charge in [-0.3, -0.25) is 4.90 Å². The number of hydrogen-bond acceptors (Lipinski definition) is 3. The molecule has 2 N–H and O–H groups in total. The monoisotopic (exact) mass is 251 g/mol. The first-order valence-corrected chi connectivity index (χ1v) is 5.56. The predicted molar refractivity (Wildman–Crippen MR) is 66.0 cm³/mol. The van der Waals surface area contributed by atoms with Crippen molar-refractivity contribution in [2.24, 2.45) is 0 Å². The highest BCUT2D eigenvalue weighted by Crippen LogP contribution is 2.02. The summed E-state index contributed by atoms with van der Waals surface area (Å²) in [5.41, 5.74) is 0. The van der Waals surface area contributed by atoms with Crippen LogP contribution in [0.5, 0.6) is 0 Å². The number of carbonyl (C=O) groups is 1. The van der Waals surface area contributed by atoms with Crippen molar-refractivity contribution in [3.63, 3.8) is 0 Å². The molecule has 1 rings (SSSR count). The molecule has 0 saturated carbocycles. The maximum atomic E-state index is 11.5. The van der Waals surface area contributed by atoms with Crippen molar-refractivity contribution < 1.29 is 9.90 Å². The second kappa shape index (κ2) is 7.70. The van der Waals surface area contributed by atoms with E-state index in [1.807, 2.05) is 11.8 Å². The van der Waals surface area contributed by atoms with E-state index in [-0.39, 0.29) is 24.5 Å². The Kier molecular flexibility index (Phi) is 7.45. The average Bonchev–Trinajstić information content (AvgIpc) is 2.18. The Bertz CT molecular complexity index is 206. The maximum absolute atomic E-state index is 11.5. The molecule has 1 atom stereocenters. The zero-order valence-electron chi connectivity index (χ0n) is 9.98. The van der Waals surface area contributed by atoms with Crippen LogP contribution in [0, 0.1) is 0 Å². The van der Waals surface area contributed by atoms with E-state index in [2.05, 4.69) is 10.2 Å². The number of aliphatic hydroxyl groups is 1. The van der Waals surface area contributed by atoms with Crippen molar-refractivity contribution in [3.05, 3.63) is 0 Å². The summed E-state index contributed by atoms with van der Waals surface area (Å²) in [6.45, 7) is 8.27. The lowest BCUT2D eigenvalue weighted by atomic mass is 10.3. The van der Waals surface area contributed by atoms with E-state index in [1.54, 1.807) is 6.92 Å². The first-order chi connectivity index (χ1) is 7.13. The van der Waals surface area contributed by atoms with Gasteiger partial charge in [0.2, 0.25) is 0 Å². The Morgan fingerprint density at radius 3 is 2.38 bits per heavy atom. The highest BCUT2D eigenvalue weighted by Gasteiger charge is 2.20. The number of β-amino-alcohol motifs (C(OH)–C–C–N with tert-alkyl or cyclic N) is 1. The van der Waals surface area contributed by atoms with Crippen LogP contribution in [0.3, 0.4) is 0 Å². The SMILES string of the molecule is CCNC(=O)N1CCN(CC(C)O)CC1.Cl. The van der Waals surface area contributed by atoms with Crippen LogP contribution < -0.4 is 5.32 Å². The lowest BCUT2D eigenvalue weighted by Crippen LogP contribution is -2.52. The molecule has 0 aromatic carbocycles. The first kappa shape index (κ1) is 15.5. The van der Waals surface area contributed by atoms with Gasteiger partial charge in [-0.2, -0.15) is 0 Å². The van der Waals surface area contributed by atoms with Gasteiger partial charge in [-0.1, -0.05) is 0 Å². The third-order valence-corrected chi connectivity index (χ3v) is 2.51. The molecular formula is C10H22ClN3O2. The summed E-state index contributed by atoms with van der Waals surface area (Å²) in [6, 6.07) is 0.0224. The quantitative estimate of drug-likeness (QED) is 0.750.